The first-order valence-corrected chi connectivity index (χ1v) is 8.31. The molecule has 0 aliphatic heterocycles. The second-order valence-corrected chi connectivity index (χ2v) is 6.16. The largest absolute Gasteiger partial charge is 0.387 e. The van der Waals surface area contributed by atoms with Crippen molar-refractivity contribution in [2.75, 3.05) is 0 Å². The Kier molecular flexibility index (Phi) is 3.63. The van der Waals surface area contributed by atoms with E-state index < -0.39 is 6.10 Å². The summed E-state index contributed by atoms with van der Waals surface area (Å²) in [6.45, 7) is 0. The summed E-state index contributed by atoms with van der Waals surface area (Å²) >= 11 is 0. The molecule has 1 N–H and O–H groups in total. The van der Waals surface area contributed by atoms with Crippen LogP contribution in [0.5, 0.6) is 0 Å². The number of aliphatic hydroxyl groups excluding tert-OH is 1. The van der Waals surface area contributed by atoms with E-state index >= 15 is 0 Å². The van der Waals surface area contributed by atoms with Crippen molar-refractivity contribution in [2.45, 2.75) is 12.0 Å². The van der Waals surface area contributed by atoms with E-state index in [0.29, 0.717) is 5.57 Å². The summed E-state index contributed by atoms with van der Waals surface area (Å²) in [6.07, 6.45) is -0.471. The van der Waals surface area contributed by atoms with Crippen molar-refractivity contribution in [2.24, 2.45) is 0 Å². The van der Waals surface area contributed by atoms with Gasteiger partial charge in [-0.15, -0.1) is 0 Å². The Bertz CT molecular complexity index is 989. The summed E-state index contributed by atoms with van der Waals surface area (Å²) in [5.41, 5.74) is 5.30. The number of hydrogen-bond donors (Lipinski definition) is 1. The van der Waals surface area contributed by atoms with Gasteiger partial charge in [0.15, 0.2) is 0 Å². The lowest BCUT2D eigenvalue weighted by Gasteiger charge is -2.33. The fourth-order valence-corrected chi connectivity index (χ4v) is 3.67. The van der Waals surface area contributed by atoms with Crippen molar-refractivity contribution in [1.82, 2.24) is 0 Å². The zero-order chi connectivity index (χ0) is 17.9. The van der Waals surface area contributed by atoms with E-state index in [4.69, 9.17) is 6.54 Å². The van der Waals surface area contributed by atoms with Crippen LogP contribution in [0.2, 0.25) is 0 Å². The monoisotopic (exact) mass is 324 g/mol. The molecule has 0 aromatic heterocycles. The molecule has 4 rings (SSSR count). The van der Waals surface area contributed by atoms with Gasteiger partial charge in [0.2, 0.25) is 1.43 Å². The highest BCUT2D eigenvalue weighted by molar-refractivity contribution is 6.02. The second kappa shape index (κ2) is 6.39. The quantitative estimate of drug-likeness (QED) is 0.740. The van der Waals surface area contributed by atoms with Crippen molar-refractivity contribution in [1.29, 1.82) is 6.69 Å². The minimum absolute atomic E-state index is 0.222. The fourth-order valence-electron chi connectivity index (χ4n) is 3.67. The molecule has 0 radical (unpaired) electrons. The highest BCUT2D eigenvalue weighted by atomic mass is 16.3. The Balaban J connectivity index is 2.06. The third kappa shape index (κ3) is 2.55. The highest BCUT2D eigenvalue weighted by Gasteiger charge is 2.36. The first-order chi connectivity index (χ1) is 12.8. The van der Waals surface area contributed by atoms with Crippen LogP contribution in [-0.2, 0) is 0 Å². The maximum absolute atomic E-state index is 10.00. The van der Waals surface area contributed by atoms with Gasteiger partial charge in [0.05, 0.1) is 11.7 Å². The Morgan fingerprint density at radius 3 is 2.16 bits per heavy atom. The molecule has 2 unspecified atom stereocenters. The van der Waals surface area contributed by atoms with Crippen molar-refractivity contribution in [3.8, 4) is 6.07 Å². The summed E-state index contributed by atoms with van der Waals surface area (Å²) in [5, 5.41) is 15.2. The summed E-state index contributed by atoms with van der Waals surface area (Å²) in [5.74, 6) is -0.222. The Morgan fingerprint density at radius 1 is 0.840 bits per heavy atom. The number of rotatable bonds is 3. The van der Waals surface area contributed by atoms with Gasteiger partial charge in [-0.1, -0.05) is 84.9 Å². The van der Waals surface area contributed by atoms with E-state index in [1.165, 1.54) is 0 Å². The molecule has 0 heterocycles. The van der Waals surface area contributed by atoms with E-state index in [1.807, 2.05) is 84.9 Å². The molecule has 3 aromatic carbocycles. The van der Waals surface area contributed by atoms with Gasteiger partial charge in [0, 0.05) is 5.92 Å². The SMILES string of the molecule is [2H]OC1c2ccccc2C(C#N)=C(c2ccccc2)C1c1ccccc1. The second-order valence-electron chi connectivity index (χ2n) is 6.16. The smallest absolute Gasteiger partial charge is 0.211 e. The minimum atomic E-state index is -0.471. The molecule has 120 valence electrons. The van der Waals surface area contributed by atoms with Gasteiger partial charge in [-0.05, 0) is 27.8 Å². The van der Waals surface area contributed by atoms with Gasteiger partial charge in [-0.2, -0.15) is 5.26 Å². The van der Waals surface area contributed by atoms with Gasteiger partial charge in [0.25, 0.3) is 0 Å². The summed E-state index contributed by atoms with van der Waals surface area (Å²) in [6, 6.07) is 30.0. The van der Waals surface area contributed by atoms with E-state index in [-0.39, 0.29) is 5.92 Å². The number of fused-ring (bicyclic) bond motifs is 1. The van der Waals surface area contributed by atoms with Crippen LogP contribution in [0.4, 0.5) is 0 Å². The van der Waals surface area contributed by atoms with Crippen molar-refractivity contribution >= 4 is 11.1 Å². The lowest BCUT2D eigenvalue weighted by Crippen LogP contribution is -2.20. The van der Waals surface area contributed by atoms with E-state index in [1.54, 1.807) is 0 Å². The predicted molar refractivity (Wildman–Crippen MR) is 99.5 cm³/mol. The van der Waals surface area contributed by atoms with Crippen LogP contribution in [-0.4, -0.2) is 6.54 Å². The topological polar surface area (TPSA) is 44.0 Å². The van der Waals surface area contributed by atoms with Crippen LogP contribution in [0.1, 0.15) is 34.3 Å². The molecule has 0 bridgehead atoms. The average molecular weight is 324 g/mol. The maximum Gasteiger partial charge on any atom is 0.211 e. The highest BCUT2D eigenvalue weighted by Crippen LogP contribution is 2.50. The first-order valence-electron chi connectivity index (χ1n) is 8.72. The van der Waals surface area contributed by atoms with Crippen LogP contribution < -0.4 is 0 Å². The number of allylic oxidation sites excluding steroid dienone is 1. The summed E-state index contributed by atoms with van der Waals surface area (Å²) in [7, 11) is 0. The van der Waals surface area contributed by atoms with Crippen molar-refractivity contribution in [3.63, 3.8) is 0 Å². The van der Waals surface area contributed by atoms with Crippen LogP contribution in [0.25, 0.3) is 11.1 Å². The van der Waals surface area contributed by atoms with Crippen molar-refractivity contribution < 1.29 is 5.11 Å². The third-order valence-electron chi connectivity index (χ3n) is 4.78. The molecule has 0 fully saturated rings. The standard InChI is InChI=1S/C23H17NO/c24-15-20-18-13-7-8-14-19(18)23(25)22(17-11-5-2-6-12-17)21(20)16-9-3-1-4-10-16/h1-14,22-23,25H/i25D. The van der Waals surface area contributed by atoms with Gasteiger partial charge in [-0.25, -0.2) is 0 Å². The van der Waals surface area contributed by atoms with E-state index in [2.05, 4.69) is 6.07 Å². The van der Waals surface area contributed by atoms with Gasteiger partial charge in [0.1, 0.15) is 6.07 Å². The fraction of sp³-hybridized carbons (Fsp3) is 0.0870. The molecule has 2 nitrogen and oxygen atoms in total. The first kappa shape index (κ1) is 14.2. The normalized spacial score (nSPS) is 19.7. The number of nitrogens with zero attached hydrogens (tertiary/aromatic N) is 1. The maximum atomic E-state index is 10.00. The van der Waals surface area contributed by atoms with Crippen LogP contribution in [0.15, 0.2) is 84.9 Å². The molecule has 0 saturated carbocycles. The molecule has 1 aliphatic carbocycles. The molecule has 0 amide bonds. The molecule has 2 atom stereocenters. The number of benzene rings is 3. The Hall–Kier alpha value is -3.15. The number of hydrogen-bond acceptors (Lipinski definition) is 2. The van der Waals surface area contributed by atoms with Crippen LogP contribution in [0.3, 0.4) is 0 Å². The zero-order valence-corrected chi connectivity index (χ0v) is 13.6. The van der Waals surface area contributed by atoms with E-state index in [9.17, 15) is 5.26 Å². The van der Waals surface area contributed by atoms with Gasteiger partial charge >= 0.3 is 0 Å². The van der Waals surface area contributed by atoms with Gasteiger partial charge < -0.3 is 5.11 Å². The minimum Gasteiger partial charge on any atom is -0.387 e. The summed E-state index contributed by atoms with van der Waals surface area (Å²) < 4.78 is 7.78. The molecule has 25 heavy (non-hydrogen) atoms. The molecular weight excluding hydrogens is 306 g/mol. The third-order valence-corrected chi connectivity index (χ3v) is 4.78. The number of aliphatic hydroxyl groups is 1. The Morgan fingerprint density at radius 2 is 1.48 bits per heavy atom. The van der Waals surface area contributed by atoms with Crippen molar-refractivity contribution in [3.05, 3.63) is 107 Å². The molecule has 0 saturated heterocycles. The Labute approximate surface area is 148 Å². The zero-order valence-electron chi connectivity index (χ0n) is 14.6. The van der Waals surface area contributed by atoms with Crippen LogP contribution >= 0.6 is 0 Å². The lowest BCUT2D eigenvalue weighted by molar-refractivity contribution is 0.163. The summed E-state index contributed by atoms with van der Waals surface area (Å²) in [4.78, 5) is 0. The van der Waals surface area contributed by atoms with Crippen LogP contribution in [0, 0.1) is 11.3 Å². The molecule has 1 aliphatic rings. The predicted octanol–water partition coefficient (Wildman–Crippen LogP) is 4.95. The lowest BCUT2D eigenvalue weighted by atomic mass is 9.72. The van der Waals surface area contributed by atoms with Gasteiger partial charge in [-0.3, -0.25) is 0 Å². The molecule has 3 aromatic rings. The molecular formula is C23H17NO. The molecule has 2 heteroatoms. The molecule has 0 spiro atoms. The van der Waals surface area contributed by atoms with E-state index in [0.717, 1.165) is 27.8 Å². The average Bonchev–Trinajstić information content (AvgIpc) is 2.73. The number of nitriles is 1.